The molecule has 0 unspecified atom stereocenters. The van der Waals surface area contributed by atoms with Crippen LogP contribution in [0, 0.1) is 5.41 Å². The van der Waals surface area contributed by atoms with Gasteiger partial charge in [-0.05, 0) is 57.1 Å². The van der Waals surface area contributed by atoms with Gasteiger partial charge in [0.15, 0.2) is 0 Å². The van der Waals surface area contributed by atoms with E-state index in [0.29, 0.717) is 11.5 Å². The van der Waals surface area contributed by atoms with E-state index in [4.69, 9.17) is 4.99 Å². The molecule has 0 aromatic heterocycles. The summed E-state index contributed by atoms with van der Waals surface area (Å²) in [6.07, 6.45) is 12.6. The molecule has 0 heterocycles. The molecule has 1 saturated carbocycles. The molecule has 0 aromatic carbocycles. The molecule has 1 fully saturated rings. The van der Waals surface area contributed by atoms with Gasteiger partial charge in [-0.3, -0.25) is 4.99 Å². The third kappa shape index (κ3) is 2.43. The summed E-state index contributed by atoms with van der Waals surface area (Å²) in [6.45, 7) is 8.88. The van der Waals surface area contributed by atoms with E-state index in [1.54, 1.807) is 5.57 Å². The highest BCUT2D eigenvalue weighted by molar-refractivity contribution is 6.12. The van der Waals surface area contributed by atoms with E-state index in [9.17, 15) is 0 Å². The fourth-order valence-electron chi connectivity index (χ4n) is 2.61. The lowest BCUT2D eigenvalue weighted by Crippen LogP contribution is -2.11. The molecule has 2 aliphatic carbocycles. The highest BCUT2D eigenvalue weighted by atomic mass is 14.8. The SMILES string of the molecule is CCC1(/C(C)=C2\C=CC=CC2=NC(C)C)CC1. The first kappa shape index (κ1) is 12.3. The normalized spacial score (nSPS) is 26.8. The highest BCUT2D eigenvalue weighted by Gasteiger charge is 2.43. The molecular formula is C16H23N. The number of allylic oxidation sites excluding steroid dienone is 6. The van der Waals surface area contributed by atoms with E-state index >= 15 is 0 Å². The summed E-state index contributed by atoms with van der Waals surface area (Å²) in [4.78, 5) is 4.74. The standard InChI is InChI=1S/C16H23N/c1-5-16(10-11-16)13(4)14-8-6-7-9-15(14)17-12(2)3/h6-9,12H,5,10-11H2,1-4H3/b14-13+,17-15?. The molecule has 0 atom stereocenters. The molecule has 2 rings (SSSR count). The van der Waals surface area contributed by atoms with Gasteiger partial charge in [-0.2, -0.15) is 0 Å². The Balaban J connectivity index is 2.38. The van der Waals surface area contributed by atoms with Gasteiger partial charge in [0.1, 0.15) is 0 Å². The van der Waals surface area contributed by atoms with Crippen molar-refractivity contribution in [1.29, 1.82) is 0 Å². The van der Waals surface area contributed by atoms with Crippen molar-refractivity contribution >= 4 is 5.71 Å². The Labute approximate surface area is 105 Å². The van der Waals surface area contributed by atoms with Gasteiger partial charge < -0.3 is 0 Å². The van der Waals surface area contributed by atoms with E-state index in [-0.39, 0.29) is 0 Å². The molecule has 0 N–H and O–H groups in total. The quantitative estimate of drug-likeness (QED) is 0.677. The van der Waals surface area contributed by atoms with Crippen molar-refractivity contribution < 1.29 is 0 Å². The second kappa shape index (κ2) is 4.64. The van der Waals surface area contributed by atoms with Crippen molar-refractivity contribution in [2.45, 2.75) is 53.0 Å². The van der Waals surface area contributed by atoms with Crippen molar-refractivity contribution in [1.82, 2.24) is 0 Å². The summed E-state index contributed by atoms with van der Waals surface area (Å²) in [7, 11) is 0. The van der Waals surface area contributed by atoms with E-state index in [0.717, 1.165) is 0 Å². The first-order chi connectivity index (χ1) is 8.09. The zero-order valence-electron chi connectivity index (χ0n) is 11.5. The Morgan fingerprint density at radius 2 is 1.94 bits per heavy atom. The van der Waals surface area contributed by atoms with E-state index in [1.807, 2.05) is 0 Å². The first-order valence-electron chi connectivity index (χ1n) is 6.73. The van der Waals surface area contributed by atoms with Gasteiger partial charge in [-0.15, -0.1) is 0 Å². The Morgan fingerprint density at radius 3 is 2.47 bits per heavy atom. The van der Waals surface area contributed by atoms with E-state index in [2.05, 4.69) is 52.0 Å². The van der Waals surface area contributed by atoms with Gasteiger partial charge in [-0.1, -0.05) is 30.7 Å². The number of hydrogen-bond donors (Lipinski definition) is 0. The molecule has 0 spiro atoms. The maximum atomic E-state index is 4.74. The minimum atomic E-state index is 0.362. The number of aliphatic imine (C=N–C) groups is 1. The van der Waals surface area contributed by atoms with Crippen LogP contribution in [0.25, 0.3) is 0 Å². The monoisotopic (exact) mass is 229 g/mol. The molecule has 17 heavy (non-hydrogen) atoms. The average molecular weight is 229 g/mol. The van der Waals surface area contributed by atoms with Gasteiger partial charge in [0, 0.05) is 6.04 Å². The van der Waals surface area contributed by atoms with Crippen LogP contribution in [0.2, 0.25) is 0 Å². The summed E-state index contributed by atoms with van der Waals surface area (Å²) < 4.78 is 0. The van der Waals surface area contributed by atoms with Gasteiger partial charge in [-0.25, -0.2) is 0 Å². The van der Waals surface area contributed by atoms with Crippen LogP contribution in [-0.4, -0.2) is 11.8 Å². The molecule has 0 bridgehead atoms. The maximum absolute atomic E-state index is 4.74. The predicted octanol–water partition coefficient (Wildman–Crippen LogP) is 4.47. The van der Waals surface area contributed by atoms with Crippen LogP contribution < -0.4 is 0 Å². The summed E-state index contributed by atoms with van der Waals surface area (Å²) in [5.74, 6) is 0. The molecular weight excluding hydrogens is 206 g/mol. The van der Waals surface area contributed by atoms with Crippen molar-refractivity contribution in [3.63, 3.8) is 0 Å². The van der Waals surface area contributed by atoms with Crippen molar-refractivity contribution in [3.05, 3.63) is 35.5 Å². The molecule has 0 radical (unpaired) electrons. The third-order valence-electron chi connectivity index (χ3n) is 4.03. The third-order valence-corrected chi connectivity index (χ3v) is 4.03. The lowest BCUT2D eigenvalue weighted by atomic mass is 9.87. The van der Waals surface area contributed by atoms with Crippen LogP contribution in [0.15, 0.2) is 40.4 Å². The van der Waals surface area contributed by atoms with Crippen molar-refractivity contribution in [2.24, 2.45) is 10.4 Å². The van der Waals surface area contributed by atoms with E-state index < -0.39 is 0 Å². The lowest BCUT2D eigenvalue weighted by Gasteiger charge is -2.19. The molecule has 1 heteroatoms. The maximum Gasteiger partial charge on any atom is 0.0649 e. The molecule has 1 nitrogen and oxygen atoms in total. The van der Waals surface area contributed by atoms with Crippen molar-refractivity contribution in [3.8, 4) is 0 Å². The second-order valence-electron chi connectivity index (χ2n) is 5.50. The van der Waals surface area contributed by atoms with Gasteiger partial charge >= 0.3 is 0 Å². The van der Waals surface area contributed by atoms with Gasteiger partial charge in [0.2, 0.25) is 0 Å². The fraction of sp³-hybridized carbons (Fsp3) is 0.562. The first-order valence-corrected chi connectivity index (χ1v) is 6.73. The van der Waals surface area contributed by atoms with E-state index in [1.165, 1.54) is 30.5 Å². The summed E-state index contributed by atoms with van der Waals surface area (Å²) in [5, 5.41) is 0. The van der Waals surface area contributed by atoms with Crippen LogP contribution in [0.1, 0.15) is 47.0 Å². The lowest BCUT2D eigenvalue weighted by molar-refractivity contribution is 0.581. The smallest absolute Gasteiger partial charge is 0.0649 e. The second-order valence-corrected chi connectivity index (χ2v) is 5.50. The van der Waals surface area contributed by atoms with Crippen LogP contribution >= 0.6 is 0 Å². The van der Waals surface area contributed by atoms with Crippen LogP contribution in [0.3, 0.4) is 0 Å². The van der Waals surface area contributed by atoms with Crippen LogP contribution in [0.4, 0.5) is 0 Å². The van der Waals surface area contributed by atoms with Crippen molar-refractivity contribution in [2.75, 3.05) is 0 Å². The molecule has 0 aromatic rings. The largest absolute Gasteiger partial charge is 0.282 e. The number of rotatable bonds is 3. The fourth-order valence-corrected chi connectivity index (χ4v) is 2.61. The minimum absolute atomic E-state index is 0.362. The summed E-state index contributed by atoms with van der Waals surface area (Å²) in [5.41, 5.74) is 4.56. The Bertz CT molecular complexity index is 415. The zero-order valence-corrected chi connectivity index (χ0v) is 11.5. The molecule has 92 valence electrons. The Morgan fingerprint density at radius 1 is 1.29 bits per heavy atom. The number of hydrogen-bond acceptors (Lipinski definition) is 1. The minimum Gasteiger partial charge on any atom is -0.282 e. The van der Waals surface area contributed by atoms with Crippen LogP contribution in [-0.2, 0) is 0 Å². The molecule has 0 amide bonds. The summed E-state index contributed by atoms with van der Waals surface area (Å²) in [6, 6.07) is 0.362. The summed E-state index contributed by atoms with van der Waals surface area (Å²) >= 11 is 0. The molecule has 0 saturated heterocycles. The van der Waals surface area contributed by atoms with Crippen LogP contribution in [0.5, 0.6) is 0 Å². The average Bonchev–Trinajstić information content (AvgIpc) is 3.09. The Hall–Kier alpha value is -1.11. The zero-order chi connectivity index (χ0) is 12.5. The molecule has 0 aliphatic heterocycles. The van der Waals surface area contributed by atoms with Gasteiger partial charge in [0.25, 0.3) is 0 Å². The van der Waals surface area contributed by atoms with Gasteiger partial charge in [0.05, 0.1) is 5.71 Å². The molecule has 2 aliphatic rings. The Kier molecular flexibility index (Phi) is 3.37. The highest BCUT2D eigenvalue weighted by Crippen LogP contribution is 2.55. The predicted molar refractivity (Wildman–Crippen MR) is 75.5 cm³/mol. The number of nitrogens with zero attached hydrogens (tertiary/aromatic N) is 1. The topological polar surface area (TPSA) is 12.4 Å².